The monoisotopic (exact) mass is 261 g/mol. The van der Waals surface area contributed by atoms with Gasteiger partial charge in [-0.3, -0.25) is 9.78 Å². The second-order valence-corrected chi connectivity index (χ2v) is 5.52. The van der Waals surface area contributed by atoms with Crippen molar-refractivity contribution in [2.75, 3.05) is 20.6 Å². The molecule has 0 bridgehead atoms. The molecule has 1 N–H and O–H groups in total. The maximum Gasteiger partial charge on any atom is 0.242 e. The van der Waals surface area contributed by atoms with Crippen LogP contribution < -0.4 is 5.32 Å². The van der Waals surface area contributed by atoms with Gasteiger partial charge in [-0.2, -0.15) is 0 Å². The second-order valence-electron chi connectivity index (χ2n) is 5.52. The SMILES string of the molecule is CN(C)C(=O)[C@]1(CCCc2ccncc2)CCCN1. The van der Waals surface area contributed by atoms with Crippen molar-refractivity contribution in [3.05, 3.63) is 30.1 Å². The Bertz CT molecular complexity index is 411. The molecule has 4 nitrogen and oxygen atoms in total. The van der Waals surface area contributed by atoms with E-state index < -0.39 is 0 Å². The molecular weight excluding hydrogens is 238 g/mol. The Hall–Kier alpha value is -1.42. The Morgan fingerprint density at radius 1 is 1.42 bits per heavy atom. The average Bonchev–Trinajstić information content (AvgIpc) is 2.89. The summed E-state index contributed by atoms with van der Waals surface area (Å²) in [5, 5.41) is 3.43. The third-order valence-electron chi connectivity index (χ3n) is 3.88. The standard InChI is InChI=1S/C15H23N3O/c1-18(2)14(19)15(9-4-10-17-15)8-3-5-13-6-11-16-12-7-13/h6-7,11-12,17H,3-5,8-10H2,1-2H3/t15-/m0/s1. The molecule has 1 fully saturated rings. The number of hydrogen-bond donors (Lipinski definition) is 1. The van der Waals surface area contributed by atoms with Gasteiger partial charge in [-0.25, -0.2) is 0 Å². The van der Waals surface area contributed by atoms with E-state index >= 15 is 0 Å². The minimum Gasteiger partial charge on any atom is -0.347 e. The normalized spacial score (nSPS) is 22.4. The summed E-state index contributed by atoms with van der Waals surface area (Å²) < 4.78 is 0. The second kappa shape index (κ2) is 6.15. The lowest BCUT2D eigenvalue weighted by molar-refractivity contribution is -0.135. The lowest BCUT2D eigenvalue weighted by atomic mass is 9.88. The number of nitrogens with zero attached hydrogens (tertiary/aromatic N) is 2. The van der Waals surface area contributed by atoms with Gasteiger partial charge in [0.05, 0.1) is 5.54 Å². The Labute approximate surface area is 115 Å². The van der Waals surface area contributed by atoms with E-state index in [0.29, 0.717) is 0 Å². The highest BCUT2D eigenvalue weighted by atomic mass is 16.2. The minimum absolute atomic E-state index is 0.222. The van der Waals surface area contributed by atoms with Crippen molar-refractivity contribution in [1.82, 2.24) is 15.2 Å². The van der Waals surface area contributed by atoms with Crippen LogP contribution in [0.15, 0.2) is 24.5 Å². The molecule has 19 heavy (non-hydrogen) atoms. The highest BCUT2D eigenvalue weighted by molar-refractivity contribution is 5.86. The number of aryl methyl sites for hydroxylation is 1. The number of aromatic nitrogens is 1. The fraction of sp³-hybridized carbons (Fsp3) is 0.600. The molecule has 1 aromatic heterocycles. The van der Waals surface area contributed by atoms with E-state index in [2.05, 4.69) is 10.3 Å². The number of nitrogens with one attached hydrogen (secondary N) is 1. The van der Waals surface area contributed by atoms with Gasteiger partial charge in [0.2, 0.25) is 5.91 Å². The number of likely N-dealkylation sites (N-methyl/N-ethyl adjacent to an activating group) is 1. The van der Waals surface area contributed by atoms with Crippen LogP contribution in [0.2, 0.25) is 0 Å². The summed E-state index contributed by atoms with van der Waals surface area (Å²) in [4.78, 5) is 18.1. The molecule has 1 aromatic rings. The number of hydrogen-bond acceptors (Lipinski definition) is 3. The van der Waals surface area contributed by atoms with E-state index in [-0.39, 0.29) is 11.4 Å². The largest absolute Gasteiger partial charge is 0.347 e. The smallest absolute Gasteiger partial charge is 0.242 e. The number of amides is 1. The zero-order valence-electron chi connectivity index (χ0n) is 11.9. The predicted octanol–water partition coefficient (Wildman–Crippen LogP) is 1.61. The van der Waals surface area contributed by atoms with Crippen LogP contribution in [0.5, 0.6) is 0 Å². The number of rotatable bonds is 5. The molecule has 1 saturated heterocycles. The molecule has 0 saturated carbocycles. The molecule has 1 atom stereocenters. The highest BCUT2D eigenvalue weighted by Crippen LogP contribution is 2.27. The lowest BCUT2D eigenvalue weighted by Crippen LogP contribution is -2.53. The fourth-order valence-corrected chi connectivity index (χ4v) is 2.88. The molecule has 2 rings (SSSR count). The molecule has 0 aromatic carbocycles. The van der Waals surface area contributed by atoms with Crippen LogP contribution in [0.1, 0.15) is 31.2 Å². The van der Waals surface area contributed by atoms with Gasteiger partial charge < -0.3 is 10.2 Å². The first-order chi connectivity index (χ1) is 9.14. The third kappa shape index (κ3) is 3.32. The molecular formula is C15H23N3O. The first-order valence-electron chi connectivity index (χ1n) is 7.00. The molecule has 0 aliphatic carbocycles. The van der Waals surface area contributed by atoms with Crippen LogP contribution in [0.4, 0.5) is 0 Å². The summed E-state index contributed by atoms with van der Waals surface area (Å²) in [6.07, 6.45) is 8.64. The van der Waals surface area contributed by atoms with Crippen molar-refractivity contribution in [2.24, 2.45) is 0 Å². The predicted molar refractivity (Wildman–Crippen MR) is 75.8 cm³/mol. The Morgan fingerprint density at radius 2 is 2.16 bits per heavy atom. The number of carbonyl (C=O) groups excluding carboxylic acids is 1. The van der Waals surface area contributed by atoms with Crippen molar-refractivity contribution in [3.63, 3.8) is 0 Å². The quantitative estimate of drug-likeness (QED) is 0.876. The maximum atomic E-state index is 12.4. The topological polar surface area (TPSA) is 45.2 Å². The van der Waals surface area contributed by atoms with Crippen molar-refractivity contribution in [3.8, 4) is 0 Å². The van der Waals surface area contributed by atoms with Gasteiger partial charge in [0.1, 0.15) is 0 Å². The fourth-order valence-electron chi connectivity index (χ4n) is 2.88. The van der Waals surface area contributed by atoms with Gasteiger partial charge in [-0.05, 0) is 56.3 Å². The van der Waals surface area contributed by atoms with Gasteiger partial charge in [-0.15, -0.1) is 0 Å². The molecule has 1 amide bonds. The van der Waals surface area contributed by atoms with Crippen LogP contribution in [0.25, 0.3) is 0 Å². The van der Waals surface area contributed by atoms with Crippen LogP contribution in [0, 0.1) is 0 Å². The molecule has 2 heterocycles. The molecule has 0 spiro atoms. The molecule has 1 aliphatic rings. The zero-order chi connectivity index (χ0) is 13.7. The van der Waals surface area contributed by atoms with Crippen molar-refractivity contribution >= 4 is 5.91 Å². The molecule has 104 valence electrons. The van der Waals surface area contributed by atoms with Gasteiger partial charge in [0.15, 0.2) is 0 Å². The zero-order valence-corrected chi connectivity index (χ0v) is 11.9. The summed E-state index contributed by atoms with van der Waals surface area (Å²) in [6.45, 7) is 0.953. The summed E-state index contributed by atoms with van der Waals surface area (Å²) in [6, 6.07) is 4.09. The van der Waals surface area contributed by atoms with Crippen molar-refractivity contribution in [2.45, 2.75) is 37.6 Å². The maximum absolute atomic E-state index is 12.4. The first-order valence-corrected chi connectivity index (χ1v) is 7.00. The van der Waals surface area contributed by atoms with Gasteiger partial charge in [0.25, 0.3) is 0 Å². The van der Waals surface area contributed by atoms with Crippen LogP contribution in [0.3, 0.4) is 0 Å². The van der Waals surface area contributed by atoms with E-state index in [9.17, 15) is 4.79 Å². The Morgan fingerprint density at radius 3 is 2.74 bits per heavy atom. The molecule has 1 aliphatic heterocycles. The van der Waals surface area contributed by atoms with Crippen LogP contribution >= 0.6 is 0 Å². The molecule has 4 heteroatoms. The third-order valence-corrected chi connectivity index (χ3v) is 3.88. The highest BCUT2D eigenvalue weighted by Gasteiger charge is 2.41. The van der Waals surface area contributed by atoms with E-state index in [1.165, 1.54) is 5.56 Å². The molecule has 0 unspecified atom stereocenters. The lowest BCUT2D eigenvalue weighted by Gasteiger charge is -2.31. The average molecular weight is 261 g/mol. The van der Waals surface area contributed by atoms with E-state index in [1.807, 2.05) is 38.6 Å². The van der Waals surface area contributed by atoms with Crippen molar-refractivity contribution in [1.29, 1.82) is 0 Å². The van der Waals surface area contributed by atoms with Gasteiger partial charge >= 0.3 is 0 Å². The summed E-state index contributed by atoms with van der Waals surface area (Å²) in [5.74, 6) is 0.222. The number of carbonyl (C=O) groups is 1. The van der Waals surface area contributed by atoms with Crippen molar-refractivity contribution < 1.29 is 4.79 Å². The first kappa shape index (κ1) is 14.0. The van der Waals surface area contributed by atoms with E-state index in [1.54, 1.807) is 4.90 Å². The van der Waals surface area contributed by atoms with Crippen LogP contribution in [-0.2, 0) is 11.2 Å². The number of pyridine rings is 1. The summed E-state index contributed by atoms with van der Waals surface area (Å²) in [5.41, 5.74) is 0.969. The molecule has 0 radical (unpaired) electrons. The van der Waals surface area contributed by atoms with Gasteiger partial charge in [0, 0.05) is 26.5 Å². The summed E-state index contributed by atoms with van der Waals surface area (Å²) in [7, 11) is 3.68. The van der Waals surface area contributed by atoms with E-state index in [4.69, 9.17) is 0 Å². The summed E-state index contributed by atoms with van der Waals surface area (Å²) >= 11 is 0. The Kier molecular flexibility index (Phi) is 4.53. The Balaban J connectivity index is 1.93. The minimum atomic E-state index is -0.323. The van der Waals surface area contributed by atoms with Crippen LogP contribution in [-0.4, -0.2) is 42.0 Å². The van der Waals surface area contributed by atoms with E-state index in [0.717, 1.165) is 38.6 Å². The van der Waals surface area contributed by atoms with Gasteiger partial charge in [-0.1, -0.05) is 0 Å².